The molecule has 0 bridgehead atoms. The molecule has 2 rings (SSSR count). The summed E-state index contributed by atoms with van der Waals surface area (Å²) in [7, 11) is 1.65. The van der Waals surface area contributed by atoms with E-state index in [1.807, 2.05) is 24.3 Å². The lowest BCUT2D eigenvalue weighted by Gasteiger charge is -2.09. The highest BCUT2D eigenvalue weighted by Crippen LogP contribution is 2.17. The van der Waals surface area contributed by atoms with Crippen molar-refractivity contribution in [2.75, 3.05) is 7.11 Å². The monoisotopic (exact) mass is 272 g/mol. The number of nitrogens with one attached hydrogen (secondary N) is 1. The number of benzene rings is 2. The molecule has 2 aromatic rings. The Balaban J connectivity index is 1.91. The summed E-state index contributed by atoms with van der Waals surface area (Å²) in [6.45, 7) is 1.33. The van der Waals surface area contributed by atoms with Crippen LogP contribution in [0.25, 0.3) is 0 Å². The average molecular weight is 272 g/mol. The number of hydrogen-bond donors (Lipinski definition) is 1. The molecule has 5 heteroatoms. The SMILES string of the molecule is COc1ccccc1CNCc1ccc([N+](=O)[O-])cc1. The van der Waals surface area contributed by atoms with Gasteiger partial charge in [-0.15, -0.1) is 0 Å². The van der Waals surface area contributed by atoms with Crippen molar-refractivity contribution in [1.82, 2.24) is 5.32 Å². The summed E-state index contributed by atoms with van der Waals surface area (Å²) in [6.07, 6.45) is 0. The summed E-state index contributed by atoms with van der Waals surface area (Å²) in [5.41, 5.74) is 2.20. The van der Waals surface area contributed by atoms with Gasteiger partial charge in [0.15, 0.2) is 0 Å². The standard InChI is InChI=1S/C15H16N2O3/c1-20-15-5-3-2-4-13(15)11-16-10-12-6-8-14(9-7-12)17(18)19/h2-9,16H,10-11H2,1H3. The van der Waals surface area contributed by atoms with Crippen LogP contribution in [0.15, 0.2) is 48.5 Å². The van der Waals surface area contributed by atoms with Crippen LogP contribution in [0.1, 0.15) is 11.1 Å². The Kier molecular flexibility index (Phi) is 4.68. The van der Waals surface area contributed by atoms with E-state index in [9.17, 15) is 10.1 Å². The largest absolute Gasteiger partial charge is 0.496 e. The first-order valence-corrected chi connectivity index (χ1v) is 6.26. The smallest absolute Gasteiger partial charge is 0.269 e. The van der Waals surface area contributed by atoms with Crippen LogP contribution >= 0.6 is 0 Å². The molecule has 0 aromatic heterocycles. The maximum absolute atomic E-state index is 10.6. The van der Waals surface area contributed by atoms with E-state index in [4.69, 9.17) is 4.74 Å². The first-order valence-electron chi connectivity index (χ1n) is 6.26. The van der Waals surface area contributed by atoms with Crippen LogP contribution in [-0.2, 0) is 13.1 Å². The van der Waals surface area contributed by atoms with Gasteiger partial charge in [-0.2, -0.15) is 0 Å². The quantitative estimate of drug-likeness (QED) is 0.648. The van der Waals surface area contributed by atoms with Crippen molar-refractivity contribution < 1.29 is 9.66 Å². The van der Waals surface area contributed by atoms with Crippen LogP contribution in [-0.4, -0.2) is 12.0 Å². The molecule has 0 spiro atoms. The van der Waals surface area contributed by atoms with E-state index in [2.05, 4.69) is 5.32 Å². The van der Waals surface area contributed by atoms with Gasteiger partial charge >= 0.3 is 0 Å². The summed E-state index contributed by atoms with van der Waals surface area (Å²) in [4.78, 5) is 10.2. The maximum atomic E-state index is 10.6. The molecule has 0 fully saturated rings. The fourth-order valence-electron chi connectivity index (χ4n) is 1.93. The van der Waals surface area contributed by atoms with E-state index in [-0.39, 0.29) is 5.69 Å². The van der Waals surface area contributed by atoms with Gasteiger partial charge in [0, 0.05) is 30.8 Å². The van der Waals surface area contributed by atoms with Crippen molar-refractivity contribution in [2.45, 2.75) is 13.1 Å². The van der Waals surface area contributed by atoms with Crippen molar-refractivity contribution in [1.29, 1.82) is 0 Å². The first kappa shape index (κ1) is 14.0. The Bertz CT molecular complexity index is 582. The molecule has 0 heterocycles. The van der Waals surface area contributed by atoms with Crippen LogP contribution in [0.4, 0.5) is 5.69 Å². The zero-order chi connectivity index (χ0) is 14.4. The molecular weight excluding hydrogens is 256 g/mol. The summed E-state index contributed by atoms with van der Waals surface area (Å²) >= 11 is 0. The van der Waals surface area contributed by atoms with Gasteiger partial charge in [0.25, 0.3) is 5.69 Å². The number of hydrogen-bond acceptors (Lipinski definition) is 4. The molecule has 104 valence electrons. The first-order chi connectivity index (χ1) is 9.70. The molecule has 1 N–H and O–H groups in total. The van der Waals surface area contributed by atoms with Gasteiger partial charge in [0.05, 0.1) is 12.0 Å². The van der Waals surface area contributed by atoms with Gasteiger partial charge < -0.3 is 10.1 Å². The lowest BCUT2D eigenvalue weighted by atomic mass is 10.2. The number of rotatable bonds is 6. The highest BCUT2D eigenvalue weighted by atomic mass is 16.6. The molecule has 5 nitrogen and oxygen atoms in total. The zero-order valence-electron chi connectivity index (χ0n) is 11.2. The lowest BCUT2D eigenvalue weighted by Crippen LogP contribution is -2.13. The van der Waals surface area contributed by atoms with Crippen LogP contribution in [0, 0.1) is 10.1 Å². The van der Waals surface area contributed by atoms with E-state index in [0.29, 0.717) is 13.1 Å². The second kappa shape index (κ2) is 6.68. The summed E-state index contributed by atoms with van der Waals surface area (Å²) < 4.78 is 5.28. The summed E-state index contributed by atoms with van der Waals surface area (Å²) in [5.74, 6) is 0.851. The van der Waals surface area contributed by atoms with Gasteiger partial charge in [0.1, 0.15) is 5.75 Å². The maximum Gasteiger partial charge on any atom is 0.269 e. The molecule has 0 unspecified atom stereocenters. The second-order valence-electron chi connectivity index (χ2n) is 4.34. The molecule has 0 saturated carbocycles. The Labute approximate surface area is 117 Å². The van der Waals surface area contributed by atoms with Gasteiger partial charge in [-0.1, -0.05) is 30.3 Å². The molecule has 0 aliphatic heterocycles. The van der Waals surface area contributed by atoms with Gasteiger partial charge in [-0.3, -0.25) is 10.1 Å². The molecule has 0 aliphatic carbocycles. The van der Waals surface area contributed by atoms with Gasteiger partial charge in [-0.05, 0) is 11.6 Å². The molecule has 20 heavy (non-hydrogen) atoms. The fourth-order valence-corrected chi connectivity index (χ4v) is 1.93. The fraction of sp³-hybridized carbons (Fsp3) is 0.200. The minimum Gasteiger partial charge on any atom is -0.496 e. The van der Waals surface area contributed by atoms with Crippen molar-refractivity contribution >= 4 is 5.69 Å². The third-order valence-corrected chi connectivity index (χ3v) is 2.98. The van der Waals surface area contributed by atoms with Crippen LogP contribution in [0.5, 0.6) is 5.75 Å². The third kappa shape index (κ3) is 3.55. The molecule has 0 aliphatic rings. The molecule has 0 saturated heterocycles. The minimum absolute atomic E-state index is 0.110. The van der Waals surface area contributed by atoms with Crippen molar-refractivity contribution in [3.8, 4) is 5.75 Å². The highest BCUT2D eigenvalue weighted by Gasteiger charge is 2.04. The van der Waals surface area contributed by atoms with E-state index in [0.717, 1.165) is 16.9 Å². The number of ether oxygens (including phenoxy) is 1. The predicted octanol–water partition coefficient (Wildman–Crippen LogP) is 2.89. The van der Waals surface area contributed by atoms with Crippen LogP contribution in [0.2, 0.25) is 0 Å². The number of nitro benzene ring substituents is 1. The van der Waals surface area contributed by atoms with Crippen molar-refractivity contribution in [2.24, 2.45) is 0 Å². The minimum atomic E-state index is -0.397. The number of methoxy groups -OCH3 is 1. The predicted molar refractivity (Wildman–Crippen MR) is 76.6 cm³/mol. The van der Waals surface area contributed by atoms with Gasteiger partial charge in [0.2, 0.25) is 0 Å². The Hall–Kier alpha value is -2.40. The number of para-hydroxylation sites is 1. The zero-order valence-corrected chi connectivity index (χ0v) is 11.2. The van der Waals surface area contributed by atoms with Crippen LogP contribution < -0.4 is 10.1 Å². The van der Waals surface area contributed by atoms with Crippen molar-refractivity contribution in [3.63, 3.8) is 0 Å². The number of nitro groups is 1. The number of non-ortho nitro benzene ring substituents is 1. The Morgan fingerprint density at radius 3 is 2.45 bits per heavy atom. The second-order valence-corrected chi connectivity index (χ2v) is 4.34. The average Bonchev–Trinajstić information content (AvgIpc) is 2.48. The van der Waals surface area contributed by atoms with E-state index in [1.54, 1.807) is 19.2 Å². The summed E-state index contributed by atoms with van der Waals surface area (Å²) in [6, 6.07) is 14.4. The molecule has 0 radical (unpaired) electrons. The molecule has 0 amide bonds. The molecule has 2 aromatic carbocycles. The third-order valence-electron chi connectivity index (χ3n) is 2.98. The molecular formula is C15H16N2O3. The van der Waals surface area contributed by atoms with E-state index in [1.165, 1.54) is 12.1 Å². The van der Waals surface area contributed by atoms with Crippen molar-refractivity contribution in [3.05, 3.63) is 69.8 Å². The van der Waals surface area contributed by atoms with Crippen LogP contribution in [0.3, 0.4) is 0 Å². The van der Waals surface area contributed by atoms with Gasteiger partial charge in [-0.25, -0.2) is 0 Å². The summed E-state index contributed by atoms with van der Waals surface area (Å²) in [5, 5.41) is 13.8. The normalized spacial score (nSPS) is 10.2. The Morgan fingerprint density at radius 2 is 1.80 bits per heavy atom. The number of nitrogens with zero attached hydrogens (tertiary/aromatic N) is 1. The van der Waals surface area contributed by atoms with E-state index >= 15 is 0 Å². The molecule has 0 atom stereocenters. The highest BCUT2D eigenvalue weighted by molar-refractivity contribution is 5.34. The van der Waals surface area contributed by atoms with E-state index < -0.39 is 4.92 Å². The Morgan fingerprint density at radius 1 is 1.10 bits per heavy atom. The lowest BCUT2D eigenvalue weighted by molar-refractivity contribution is -0.384. The topological polar surface area (TPSA) is 64.4 Å².